The van der Waals surface area contributed by atoms with E-state index in [2.05, 4.69) is 21.2 Å². The van der Waals surface area contributed by atoms with Gasteiger partial charge in [0.05, 0.1) is 11.8 Å². The first kappa shape index (κ1) is 21.0. The molecule has 1 aliphatic rings. The molecule has 4 nitrogen and oxygen atoms in total. The summed E-state index contributed by atoms with van der Waals surface area (Å²) in [7, 11) is -3.59. The van der Waals surface area contributed by atoms with Gasteiger partial charge in [-0.05, 0) is 54.2 Å². The van der Waals surface area contributed by atoms with E-state index in [-0.39, 0.29) is 23.5 Å². The lowest BCUT2D eigenvalue weighted by atomic mass is 9.91. The molecule has 1 unspecified atom stereocenters. The lowest BCUT2D eigenvalue weighted by molar-refractivity contribution is -0.119. The minimum Gasteiger partial charge on any atom is -0.348 e. The quantitative estimate of drug-likeness (QED) is 0.649. The van der Waals surface area contributed by atoms with Crippen molar-refractivity contribution in [3.05, 3.63) is 69.9 Å². The van der Waals surface area contributed by atoms with Crippen LogP contribution in [0.15, 0.2) is 53.0 Å². The van der Waals surface area contributed by atoms with E-state index >= 15 is 0 Å². The second kappa shape index (κ2) is 9.18. The summed E-state index contributed by atoms with van der Waals surface area (Å²) in [6.45, 7) is 0. The zero-order valence-corrected chi connectivity index (χ0v) is 17.8. The zero-order valence-electron chi connectivity index (χ0n) is 15.4. The second-order valence-corrected chi connectivity index (χ2v) is 10.3. The topological polar surface area (TPSA) is 63.2 Å². The predicted molar refractivity (Wildman–Crippen MR) is 111 cm³/mol. The molecule has 0 bridgehead atoms. The summed E-state index contributed by atoms with van der Waals surface area (Å²) in [4.78, 5) is 12.5. The van der Waals surface area contributed by atoms with E-state index in [0.717, 1.165) is 35.7 Å². The van der Waals surface area contributed by atoms with Crippen molar-refractivity contribution in [2.45, 2.75) is 37.5 Å². The average Bonchev–Trinajstić information content (AvgIpc) is 3.16. The van der Waals surface area contributed by atoms with Gasteiger partial charge in [0.2, 0.25) is 5.91 Å². The Morgan fingerprint density at radius 2 is 1.68 bits per heavy atom. The molecule has 7 heteroatoms. The van der Waals surface area contributed by atoms with Gasteiger partial charge in [0.25, 0.3) is 0 Å². The Hall–Kier alpha value is -1.73. The maximum Gasteiger partial charge on any atom is 0.235 e. The molecule has 0 aromatic heterocycles. The standard InChI is InChI=1S/C21H23BrFNO3S/c22-18-9-5-15(6-10-18)13-28(26,27)14-20(25)24-21(16-3-1-2-4-16)17-7-11-19(23)12-8-17/h5-12,16,21H,1-4,13-14H2,(H,24,25). The Labute approximate surface area is 173 Å². The van der Waals surface area contributed by atoms with Crippen LogP contribution in [-0.2, 0) is 20.4 Å². The molecule has 0 radical (unpaired) electrons. The second-order valence-electron chi connectivity index (χ2n) is 7.30. The predicted octanol–water partition coefficient (Wildman–Crippen LogP) is 4.55. The van der Waals surface area contributed by atoms with Gasteiger partial charge in [0.1, 0.15) is 11.6 Å². The third-order valence-electron chi connectivity index (χ3n) is 5.07. The normalized spacial score (nSPS) is 16.1. The van der Waals surface area contributed by atoms with Crippen LogP contribution in [-0.4, -0.2) is 20.1 Å². The van der Waals surface area contributed by atoms with Gasteiger partial charge in [-0.1, -0.05) is 53.0 Å². The lowest BCUT2D eigenvalue weighted by Crippen LogP contribution is -2.36. The summed E-state index contributed by atoms with van der Waals surface area (Å²) in [5, 5.41) is 2.90. The molecule has 0 aliphatic heterocycles. The highest BCUT2D eigenvalue weighted by atomic mass is 79.9. The van der Waals surface area contributed by atoms with Crippen molar-refractivity contribution in [1.82, 2.24) is 5.32 Å². The van der Waals surface area contributed by atoms with Crippen LogP contribution in [0.2, 0.25) is 0 Å². The van der Waals surface area contributed by atoms with Crippen LogP contribution in [0, 0.1) is 11.7 Å². The molecule has 28 heavy (non-hydrogen) atoms. The fourth-order valence-corrected chi connectivity index (χ4v) is 5.28. The number of hydrogen-bond acceptors (Lipinski definition) is 3. The largest absolute Gasteiger partial charge is 0.348 e. The lowest BCUT2D eigenvalue weighted by Gasteiger charge is -2.25. The van der Waals surface area contributed by atoms with Crippen LogP contribution in [0.5, 0.6) is 0 Å². The molecule has 1 fully saturated rings. The number of nitrogens with one attached hydrogen (secondary N) is 1. The average molecular weight is 468 g/mol. The smallest absolute Gasteiger partial charge is 0.235 e. The van der Waals surface area contributed by atoms with Crippen LogP contribution in [0.3, 0.4) is 0 Å². The highest BCUT2D eigenvalue weighted by Crippen LogP contribution is 2.35. The van der Waals surface area contributed by atoms with Crippen LogP contribution in [0.1, 0.15) is 42.9 Å². The molecule has 1 saturated carbocycles. The molecular weight excluding hydrogens is 445 g/mol. The van der Waals surface area contributed by atoms with Gasteiger partial charge in [0.15, 0.2) is 9.84 Å². The van der Waals surface area contributed by atoms with E-state index < -0.39 is 21.5 Å². The van der Waals surface area contributed by atoms with Gasteiger partial charge in [-0.25, -0.2) is 12.8 Å². The summed E-state index contributed by atoms with van der Waals surface area (Å²) in [6.07, 6.45) is 4.10. The molecule has 150 valence electrons. The molecule has 1 aliphatic carbocycles. The number of carbonyl (C=O) groups excluding carboxylic acids is 1. The summed E-state index contributed by atoms with van der Waals surface area (Å²) in [5.41, 5.74) is 1.45. The highest BCUT2D eigenvalue weighted by Gasteiger charge is 2.29. The molecule has 1 N–H and O–H groups in total. The summed E-state index contributed by atoms with van der Waals surface area (Å²) >= 11 is 3.31. The van der Waals surface area contributed by atoms with E-state index in [1.807, 2.05) is 0 Å². The van der Waals surface area contributed by atoms with Crippen LogP contribution in [0.4, 0.5) is 4.39 Å². The van der Waals surface area contributed by atoms with E-state index in [4.69, 9.17) is 0 Å². The van der Waals surface area contributed by atoms with Crippen molar-refractivity contribution in [1.29, 1.82) is 0 Å². The number of sulfone groups is 1. The fraction of sp³-hybridized carbons (Fsp3) is 0.381. The number of hydrogen-bond donors (Lipinski definition) is 1. The van der Waals surface area contributed by atoms with E-state index in [1.165, 1.54) is 12.1 Å². The van der Waals surface area contributed by atoms with E-state index in [0.29, 0.717) is 5.56 Å². The van der Waals surface area contributed by atoms with Gasteiger partial charge >= 0.3 is 0 Å². The summed E-state index contributed by atoms with van der Waals surface area (Å²) in [6, 6.07) is 12.8. The molecule has 3 rings (SSSR count). The first-order valence-corrected chi connectivity index (χ1v) is 11.9. The molecular formula is C21H23BrFNO3S. The van der Waals surface area contributed by atoms with Crippen LogP contribution < -0.4 is 5.32 Å². The third-order valence-corrected chi connectivity index (χ3v) is 7.07. The Morgan fingerprint density at radius 1 is 1.07 bits per heavy atom. The van der Waals surface area contributed by atoms with E-state index in [1.54, 1.807) is 36.4 Å². The first-order valence-electron chi connectivity index (χ1n) is 9.32. The van der Waals surface area contributed by atoms with Crippen molar-refractivity contribution in [2.75, 3.05) is 5.75 Å². The van der Waals surface area contributed by atoms with Crippen molar-refractivity contribution in [2.24, 2.45) is 5.92 Å². The summed E-state index contributed by atoms with van der Waals surface area (Å²) < 4.78 is 39.1. The minimum absolute atomic E-state index is 0.182. The molecule has 2 aromatic rings. The minimum atomic E-state index is -3.59. The molecule has 2 aromatic carbocycles. The number of benzene rings is 2. The van der Waals surface area contributed by atoms with Gasteiger partial charge in [0, 0.05) is 4.47 Å². The Balaban J connectivity index is 1.68. The molecule has 0 saturated heterocycles. The van der Waals surface area contributed by atoms with E-state index in [9.17, 15) is 17.6 Å². The Bertz CT molecular complexity index is 908. The van der Waals surface area contributed by atoms with Crippen molar-refractivity contribution in [3.63, 3.8) is 0 Å². The first-order chi connectivity index (χ1) is 13.3. The maximum absolute atomic E-state index is 13.3. The zero-order chi connectivity index (χ0) is 20.1. The Kier molecular flexibility index (Phi) is 6.88. The van der Waals surface area contributed by atoms with Crippen molar-refractivity contribution >= 4 is 31.7 Å². The van der Waals surface area contributed by atoms with Crippen molar-refractivity contribution in [3.8, 4) is 0 Å². The van der Waals surface area contributed by atoms with Crippen LogP contribution >= 0.6 is 15.9 Å². The SMILES string of the molecule is O=C(CS(=O)(=O)Cc1ccc(Br)cc1)NC(c1ccc(F)cc1)C1CCCC1. The van der Waals surface area contributed by atoms with Gasteiger partial charge in [-0.2, -0.15) is 0 Å². The van der Waals surface area contributed by atoms with Gasteiger partial charge in [-0.15, -0.1) is 0 Å². The van der Waals surface area contributed by atoms with Crippen molar-refractivity contribution < 1.29 is 17.6 Å². The molecule has 1 amide bonds. The number of halogens is 2. The number of carbonyl (C=O) groups is 1. The molecule has 1 atom stereocenters. The van der Waals surface area contributed by atoms with Crippen LogP contribution in [0.25, 0.3) is 0 Å². The van der Waals surface area contributed by atoms with Gasteiger partial charge in [-0.3, -0.25) is 4.79 Å². The maximum atomic E-state index is 13.3. The van der Waals surface area contributed by atoms with Gasteiger partial charge < -0.3 is 5.32 Å². The third kappa shape index (κ3) is 5.88. The Morgan fingerprint density at radius 3 is 2.29 bits per heavy atom. The molecule has 0 heterocycles. The monoisotopic (exact) mass is 467 g/mol. The highest BCUT2D eigenvalue weighted by molar-refractivity contribution is 9.10. The molecule has 0 spiro atoms. The number of amides is 1. The fourth-order valence-electron chi connectivity index (χ4n) is 3.73. The number of rotatable bonds is 7. The summed E-state index contributed by atoms with van der Waals surface area (Å²) in [5.74, 6) is -1.36.